The third-order valence-electron chi connectivity index (χ3n) is 6.25. The number of aromatic nitrogens is 1. The lowest BCUT2D eigenvalue weighted by Gasteiger charge is -2.36. The summed E-state index contributed by atoms with van der Waals surface area (Å²) < 4.78 is 0. The highest BCUT2D eigenvalue weighted by Crippen LogP contribution is 2.27. The standard InChI is InChI=1S/C27H24N4O3/c1-19-5-4-6-20(17-19)26-18-24(23-7-2-3-8-25(23)28-26)27(32)30-15-13-29(14-16-30)21-9-11-22(12-10-21)31(33)34/h2-12,17-18H,13-16H2,1H3. The van der Waals surface area contributed by atoms with Gasteiger partial charge >= 0.3 is 0 Å². The normalized spacial score (nSPS) is 13.8. The summed E-state index contributed by atoms with van der Waals surface area (Å²) in [7, 11) is 0. The van der Waals surface area contributed by atoms with E-state index in [1.54, 1.807) is 12.1 Å². The van der Waals surface area contributed by atoms with Gasteiger partial charge in [-0.3, -0.25) is 14.9 Å². The molecule has 1 aliphatic heterocycles. The second-order valence-corrected chi connectivity index (χ2v) is 8.49. The predicted molar refractivity (Wildman–Crippen MR) is 133 cm³/mol. The molecule has 0 aliphatic carbocycles. The Kier molecular flexibility index (Phi) is 5.67. The smallest absolute Gasteiger partial charge is 0.269 e. The highest BCUT2D eigenvalue weighted by atomic mass is 16.6. The fourth-order valence-electron chi connectivity index (χ4n) is 4.43. The van der Waals surface area contributed by atoms with E-state index < -0.39 is 4.92 Å². The molecule has 1 aliphatic rings. The maximum atomic E-state index is 13.6. The molecule has 0 unspecified atom stereocenters. The van der Waals surface area contributed by atoms with Crippen LogP contribution in [-0.2, 0) is 0 Å². The van der Waals surface area contributed by atoms with E-state index in [1.807, 2.05) is 60.4 Å². The fraction of sp³-hybridized carbons (Fsp3) is 0.185. The Balaban J connectivity index is 1.40. The maximum Gasteiger partial charge on any atom is 0.269 e. The van der Waals surface area contributed by atoms with Gasteiger partial charge in [0, 0.05) is 54.9 Å². The second-order valence-electron chi connectivity index (χ2n) is 8.49. The summed E-state index contributed by atoms with van der Waals surface area (Å²) in [6.45, 7) is 4.52. The van der Waals surface area contributed by atoms with E-state index in [0.717, 1.165) is 33.4 Å². The molecule has 0 saturated carbocycles. The van der Waals surface area contributed by atoms with E-state index in [1.165, 1.54) is 12.1 Å². The van der Waals surface area contributed by atoms with Gasteiger partial charge in [-0.25, -0.2) is 4.98 Å². The second kappa shape index (κ2) is 8.94. The number of hydrogen-bond donors (Lipinski definition) is 0. The number of rotatable bonds is 4. The lowest BCUT2D eigenvalue weighted by Crippen LogP contribution is -2.48. The summed E-state index contributed by atoms with van der Waals surface area (Å²) in [5, 5.41) is 11.8. The highest BCUT2D eigenvalue weighted by Gasteiger charge is 2.25. The number of carbonyl (C=O) groups is 1. The molecule has 3 aromatic carbocycles. The van der Waals surface area contributed by atoms with Crippen LogP contribution in [0.2, 0.25) is 0 Å². The molecule has 1 amide bonds. The zero-order valence-corrected chi connectivity index (χ0v) is 18.8. The number of benzene rings is 3. The van der Waals surface area contributed by atoms with Crippen LogP contribution >= 0.6 is 0 Å². The fourth-order valence-corrected chi connectivity index (χ4v) is 4.43. The number of fused-ring (bicyclic) bond motifs is 1. The Labute approximate surface area is 197 Å². The van der Waals surface area contributed by atoms with Crippen molar-refractivity contribution in [1.29, 1.82) is 0 Å². The van der Waals surface area contributed by atoms with Crippen molar-refractivity contribution < 1.29 is 9.72 Å². The molecule has 0 atom stereocenters. The number of nitro groups is 1. The maximum absolute atomic E-state index is 13.6. The van der Waals surface area contributed by atoms with Crippen molar-refractivity contribution in [2.45, 2.75) is 6.92 Å². The number of hydrogen-bond acceptors (Lipinski definition) is 5. The molecule has 5 rings (SSSR count). The molecule has 7 heteroatoms. The van der Waals surface area contributed by atoms with Crippen molar-refractivity contribution in [3.63, 3.8) is 0 Å². The average Bonchev–Trinajstić information content (AvgIpc) is 2.88. The van der Waals surface area contributed by atoms with E-state index in [4.69, 9.17) is 4.98 Å². The van der Waals surface area contributed by atoms with Crippen LogP contribution in [0.4, 0.5) is 11.4 Å². The van der Waals surface area contributed by atoms with Gasteiger partial charge in [0.05, 0.1) is 21.7 Å². The molecule has 1 aromatic heterocycles. The van der Waals surface area contributed by atoms with Crippen LogP contribution in [0, 0.1) is 17.0 Å². The molecule has 1 saturated heterocycles. The first-order chi connectivity index (χ1) is 16.5. The Morgan fingerprint density at radius 3 is 2.35 bits per heavy atom. The Morgan fingerprint density at radius 1 is 0.912 bits per heavy atom. The molecular formula is C27H24N4O3. The molecule has 2 heterocycles. The number of nitro benzene ring substituents is 1. The van der Waals surface area contributed by atoms with Crippen molar-refractivity contribution in [3.8, 4) is 11.3 Å². The lowest BCUT2D eigenvalue weighted by atomic mass is 10.0. The first-order valence-corrected chi connectivity index (χ1v) is 11.2. The van der Waals surface area contributed by atoms with Crippen LogP contribution in [-0.4, -0.2) is 46.9 Å². The quantitative estimate of drug-likeness (QED) is 0.319. The SMILES string of the molecule is Cc1cccc(-c2cc(C(=O)N3CCN(c4ccc([N+](=O)[O-])cc4)CC3)c3ccccc3n2)c1. The Hall–Kier alpha value is -4.26. The third kappa shape index (κ3) is 4.20. The average molecular weight is 453 g/mol. The number of amides is 1. The first kappa shape index (κ1) is 21.6. The first-order valence-electron chi connectivity index (χ1n) is 11.2. The molecule has 0 spiro atoms. The van der Waals surface area contributed by atoms with E-state index in [-0.39, 0.29) is 11.6 Å². The van der Waals surface area contributed by atoms with Gasteiger partial charge in [-0.15, -0.1) is 0 Å². The van der Waals surface area contributed by atoms with Crippen molar-refractivity contribution in [2.24, 2.45) is 0 Å². The number of anilines is 1. The van der Waals surface area contributed by atoms with Crippen LogP contribution in [0.5, 0.6) is 0 Å². The van der Waals surface area contributed by atoms with Gasteiger partial charge in [0.2, 0.25) is 0 Å². The predicted octanol–water partition coefficient (Wildman–Crippen LogP) is 5.08. The molecular weight excluding hydrogens is 428 g/mol. The van der Waals surface area contributed by atoms with Gasteiger partial charge in [0.25, 0.3) is 11.6 Å². The minimum Gasteiger partial charge on any atom is -0.368 e. The molecule has 0 N–H and O–H groups in total. The third-order valence-corrected chi connectivity index (χ3v) is 6.25. The molecule has 34 heavy (non-hydrogen) atoms. The van der Waals surface area contributed by atoms with Gasteiger partial charge in [-0.2, -0.15) is 0 Å². The minimum atomic E-state index is -0.398. The van der Waals surface area contributed by atoms with E-state index in [0.29, 0.717) is 31.7 Å². The van der Waals surface area contributed by atoms with Crippen LogP contribution in [0.1, 0.15) is 15.9 Å². The molecule has 4 aromatic rings. The largest absolute Gasteiger partial charge is 0.368 e. The van der Waals surface area contributed by atoms with Crippen molar-refractivity contribution >= 4 is 28.2 Å². The molecule has 0 radical (unpaired) electrons. The number of carbonyl (C=O) groups excluding carboxylic acids is 1. The van der Waals surface area contributed by atoms with Crippen LogP contribution < -0.4 is 4.90 Å². The molecule has 1 fully saturated rings. The summed E-state index contributed by atoms with van der Waals surface area (Å²) in [6.07, 6.45) is 0. The van der Waals surface area contributed by atoms with Crippen molar-refractivity contribution in [3.05, 3.63) is 100 Å². The number of nitrogens with zero attached hydrogens (tertiary/aromatic N) is 4. The number of para-hydroxylation sites is 1. The van der Waals surface area contributed by atoms with Gasteiger partial charge in [0.15, 0.2) is 0 Å². The van der Waals surface area contributed by atoms with Gasteiger partial charge in [0.1, 0.15) is 0 Å². The summed E-state index contributed by atoms with van der Waals surface area (Å²) >= 11 is 0. The number of pyridine rings is 1. The summed E-state index contributed by atoms with van der Waals surface area (Å²) in [4.78, 5) is 33.0. The van der Waals surface area contributed by atoms with Crippen molar-refractivity contribution in [1.82, 2.24) is 9.88 Å². The van der Waals surface area contributed by atoms with Crippen LogP contribution in [0.3, 0.4) is 0 Å². The van der Waals surface area contributed by atoms with Crippen molar-refractivity contribution in [2.75, 3.05) is 31.1 Å². The molecule has 7 nitrogen and oxygen atoms in total. The number of aryl methyl sites for hydroxylation is 1. The summed E-state index contributed by atoms with van der Waals surface area (Å²) in [6, 6.07) is 24.4. The zero-order chi connectivity index (χ0) is 23.7. The monoisotopic (exact) mass is 452 g/mol. The molecule has 0 bridgehead atoms. The summed E-state index contributed by atoms with van der Waals surface area (Å²) in [5.74, 6) is -0.00384. The Bertz CT molecular complexity index is 1380. The Morgan fingerprint density at radius 2 is 1.65 bits per heavy atom. The van der Waals surface area contributed by atoms with Crippen LogP contribution in [0.25, 0.3) is 22.2 Å². The van der Waals surface area contributed by atoms with Gasteiger partial charge < -0.3 is 9.80 Å². The number of piperazine rings is 1. The summed E-state index contributed by atoms with van der Waals surface area (Å²) in [5.41, 5.74) is 5.38. The lowest BCUT2D eigenvalue weighted by molar-refractivity contribution is -0.384. The van der Waals surface area contributed by atoms with Crippen LogP contribution in [0.15, 0.2) is 78.9 Å². The minimum absolute atomic E-state index is 0.00384. The highest BCUT2D eigenvalue weighted by molar-refractivity contribution is 6.07. The topological polar surface area (TPSA) is 79.6 Å². The van der Waals surface area contributed by atoms with Gasteiger partial charge in [-0.05, 0) is 37.3 Å². The van der Waals surface area contributed by atoms with Gasteiger partial charge in [-0.1, -0.05) is 42.0 Å². The van der Waals surface area contributed by atoms with E-state index >= 15 is 0 Å². The zero-order valence-electron chi connectivity index (χ0n) is 18.8. The van der Waals surface area contributed by atoms with E-state index in [2.05, 4.69) is 11.0 Å². The molecule has 170 valence electrons. The van der Waals surface area contributed by atoms with E-state index in [9.17, 15) is 14.9 Å². The number of non-ortho nitro benzene ring substituents is 1.